The summed E-state index contributed by atoms with van der Waals surface area (Å²) in [4.78, 5) is 15.5. The highest BCUT2D eigenvalue weighted by atomic mass is 16.5. The zero-order chi connectivity index (χ0) is 16.1. The molecule has 6 nitrogen and oxygen atoms in total. The Hall–Kier alpha value is -2.21. The Morgan fingerprint density at radius 1 is 1.26 bits per heavy atom. The molecule has 2 atom stereocenters. The van der Waals surface area contributed by atoms with Crippen LogP contribution in [-0.2, 0) is 4.74 Å². The summed E-state index contributed by atoms with van der Waals surface area (Å²) in [5.74, 6) is 1.52. The van der Waals surface area contributed by atoms with Crippen LogP contribution < -0.4 is 10.2 Å². The van der Waals surface area contributed by atoms with E-state index in [2.05, 4.69) is 27.2 Å². The molecule has 6 heteroatoms. The Balaban J connectivity index is 1.71. The summed E-state index contributed by atoms with van der Waals surface area (Å²) in [6.45, 7) is 3.69. The fourth-order valence-electron chi connectivity index (χ4n) is 2.66. The van der Waals surface area contributed by atoms with Crippen molar-refractivity contribution >= 4 is 11.8 Å². The molecule has 1 aliphatic heterocycles. The van der Waals surface area contributed by atoms with Crippen LogP contribution in [0.15, 0.2) is 36.7 Å². The monoisotopic (exact) mass is 313 g/mol. The summed E-state index contributed by atoms with van der Waals surface area (Å²) in [5.41, 5.74) is 0.998. The topological polar surface area (TPSA) is 63.2 Å². The first-order chi connectivity index (χ1) is 11.2. The molecule has 0 bridgehead atoms. The lowest BCUT2D eigenvalue weighted by molar-refractivity contribution is 0.0875. The Labute approximate surface area is 136 Å². The zero-order valence-electron chi connectivity index (χ0n) is 13.6. The zero-order valence-corrected chi connectivity index (χ0v) is 13.6. The van der Waals surface area contributed by atoms with Gasteiger partial charge in [-0.2, -0.15) is 4.98 Å². The molecule has 2 aromatic rings. The number of aromatic nitrogens is 3. The van der Waals surface area contributed by atoms with Crippen molar-refractivity contribution in [2.75, 3.05) is 30.5 Å². The summed E-state index contributed by atoms with van der Waals surface area (Å²) in [5, 5.41) is 3.44. The molecule has 0 spiro atoms. The van der Waals surface area contributed by atoms with E-state index >= 15 is 0 Å². The van der Waals surface area contributed by atoms with Crippen molar-refractivity contribution in [3.63, 3.8) is 0 Å². The van der Waals surface area contributed by atoms with Crippen molar-refractivity contribution in [1.29, 1.82) is 0 Å². The molecule has 0 aromatic carbocycles. The summed E-state index contributed by atoms with van der Waals surface area (Å²) < 4.78 is 5.50. The van der Waals surface area contributed by atoms with E-state index in [4.69, 9.17) is 4.74 Å². The fourth-order valence-corrected chi connectivity index (χ4v) is 2.66. The summed E-state index contributed by atoms with van der Waals surface area (Å²) in [7, 11) is 1.99. The average Bonchev–Trinajstić information content (AvgIpc) is 2.62. The largest absolute Gasteiger partial charge is 0.379 e. The van der Waals surface area contributed by atoms with Gasteiger partial charge in [-0.05, 0) is 38.0 Å². The number of anilines is 2. The Kier molecular flexibility index (Phi) is 5.02. The van der Waals surface area contributed by atoms with Gasteiger partial charge in [0, 0.05) is 26.0 Å². The standard InChI is InChI=1S/C17H23N5O/c1-13(15-7-3-4-9-18-15)22(2)17-19-10-8-16(21-17)20-14-6-5-11-23-12-14/h3-4,7-10,13-14H,5-6,11-12H2,1-2H3,(H,19,20,21)/t13-,14-/m0/s1. The van der Waals surface area contributed by atoms with Crippen molar-refractivity contribution in [2.45, 2.75) is 31.8 Å². The van der Waals surface area contributed by atoms with Crippen LogP contribution in [0.1, 0.15) is 31.5 Å². The highest BCUT2D eigenvalue weighted by molar-refractivity contribution is 5.42. The van der Waals surface area contributed by atoms with E-state index in [1.165, 1.54) is 0 Å². The first-order valence-corrected chi connectivity index (χ1v) is 8.05. The van der Waals surface area contributed by atoms with Crippen molar-refractivity contribution in [1.82, 2.24) is 15.0 Å². The van der Waals surface area contributed by atoms with Crippen molar-refractivity contribution in [2.24, 2.45) is 0 Å². The van der Waals surface area contributed by atoms with Gasteiger partial charge in [-0.15, -0.1) is 0 Å². The molecule has 0 amide bonds. The first kappa shape index (κ1) is 15.7. The molecule has 2 aromatic heterocycles. The molecule has 1 aliphatic rings. The molecule has 0 aliphatic carbocycles. The third kappa shape index (κ3) is 3.96. The van der Waals surface area contributed by atoms with Gasteiger partial charge in [0.05, 0.1) is 24.4 Å². The van der Waals surface area contributed by atoms with Crippen LogP contribution in [-0.4, -0.2) is 41.3 Å². The first-order valence-electron chi connectivity index (χ1n) is 8.05. The van der Waals surface area contributed by atoms with E-state index in [0.29, 0.717) is 12.0 Å². The van der Waals surface area contributed by atoms with E-state index < -0.39 is 0 Å². The molecule has 0 radical (unpaired) electrons. The normalized spacial score (nSPS) is 19.1. The van der Waals surface area contributed by atoms with Crippen LogP contribution in [0.4, 0.5) is 11.8 Å². The third-order valence-electron chi connectivity index (χ3n) is 4.17. The van der Waals surface area contributed by atoms with Gasteiger partial charge in [0.2, 0.25) is 5.95 Å². The number of ether oxygens (including phenoxy) is 1. The average molecular weight is 313 g/mol. The van der Waals surface area contributed by atoms with Crippen LogP contribution in [0.5, 0.6) is 0 Å². The lowest BCUT2D eigenvalue weighted by Crippen LogP contribution is -2.31. The molecule has 1 saturated heterocycles. The predicted molar refractivity (Wildman–Crippen MR) is 90.6 cm³/mol. The van der Waals surface area contributed by atoms with Gasteiger partial charge in [0.25, 0.3) is 0 Å². The van der Waals surface area contributed by atoms with E-state index in [0.717, 1.165) is 37.6 Å². The molecule has 3 heterocycles. The van der Waals surface area contributed by atoms with E-state index in [9.17, 15) is 0 Å². The van der Waals surface area contributed by atoms with Crippen LogP contribution in [0.2, 0.25) is 0 Å². The van der Waals surface area contributed by atoms with Crippen LogP contribution in [0, 0.1) is 0 Å². The van der Waals surface area contributed by atoms with Crippen molar-refractivity contribution < 1.29 is 4.74 Å². The van der Waals surface area contributed by atoms with E-state index in [1.807, 2.05) is 42.4 Å². The lowest BCUT2D eigenvalue weighted by Gasteiger charge is -2.26. The van der Waals surface area contributed by atoms with Gasteiger partial charge in [0.15, 0.2) is 0 Å². The second-order valence-electron chi connectivity index (χ2n) is 5.84. The van der Waals surface area contributed by atoms with Gasteiger partial charge >= 0.3 is 0 Å². The summed E-state index contributed by atoms with van der Waals surface area (Å²) in [6, 6.07) is 8.26. The number of nitrogens with one attached hydrogen (secondary N) is 1. The third-order valence-corrected chi connectivity index (χ3v) is 4.17. The van der Waals surface area contributed by atoms with Gasteiger partial charge in [-0.3, -0.25) is 4.98 Å². The van der Waals surface area contributed by atoms with Gasteiger partial charge in [0.1, 0.15) is 5.82 Å². The number of nitrogens with zero attached hydrogens (tertiary/aromatic N) is 4. The van der Waals surface area contributed by atoms with E-state index in [-0.39, 0.29) is 6.04 Å². The smallest absolute Gasteiger partial charge is 0.227 e. The second-order valence-corrected chi connectivity index (χ2v) is 5.84. The molecule has 1 N–H and O–H groups in total. The molecule has 0 unspecified atom stereocenters. The minimum absolute atomic E-state index is 0.101. The second kappa shape index (κ2) is 7.37. The lowest BCUT2D eigenvalue weighted by atomic mass is 10.1. The Morgan fingerprint density at radius 3 is 2.91 bits per heavy atom. The SMILES string of the molecule is C[C@@H](c1ccccn1)N(C)c1nccc(N[C@H]2CCCOC2)n1. The number of pyridine rings is 1. The van der Waals surface area contributed by atoms with Crippen LogP contribution in [0.25, 0.3) is 0 Å². The Morgan fingerprint density at radius 2 is 2.17 bits per heavy atom. The van der Waals surface area contributed by atoms with Gasteiger partial charge in [-0.25, -0.2) is 4.98 Å². The maximum absolute atomic E-state index is 5.50. The highest BCUT2D eigenvalue weighted by Crippen LogP contribution is 2.22. The van der Waals surface area contributed by atoms with Crippen LogP contribution in [0.3, 0.4) is 0 Å². The Bertz CT molecular complexity index is 615. The van der Waals surface area contributed by atoms with Crippen molar-refractivity contribution in [3.8, 4) is 0 Å². The van der Waals surface area contributed by atoms with Crippen molar-refractivity contribution in [3.05, 3.63) is 42.4 Å². The molecule has 3 rings (SSSR count). The number of hydrogen-bond acceptors (Lipinski definition) is 6. The maximum atomic E-state index is 5.50. The molecular weight excluding hydrogens is 290 g/mol. The maximum Gasteiger partial charge on any atom is 0.227 e. The number of rotatable bonds is 5. The quantitative estimate of drug-likeness (QED) is 0.915. The molecule has 122 valence electrons. The predicted octanol–water partition coefficient (Wildman–Crippen LogP) is 2.66. The summed E-state index contributed by atoms with van der Waals surface area (Å²) in [6.07, 6.45) is 5.79. The minimum Gasteiger partial charge on any atom is -0.379 e. The molecule has 1 fully saturated rings. The highest BCUT2D eigenvalue weighted by Gasteiger charge is 2.17. The fraction of sp³-hybridized carbons (Fsp3) is 0.471. The molecule has 23 heavy (non-hydrogen) atoms. The summed E-state index contributed by atoms with van der Waals surface area (Å²) >= 11 is 0. The number of hydrogen-bond donors (Lipinski definition) is 1. The minimum atomic E-state index is 0.101. The van der Waals surface area contributed by atoms with Crippen LogP contribution >= 0.6 is 0 Å². The van der Waals surface area contributed by atoms with E-state index in [1.54, 1.807) is 6.20 Å². The van der Waals surface area contributed by atoms with Gasteiger partial charge < -0.3 is 15.0 Å². The molecular formula is C17H23N5O. The molecule has 0 saturated carbocycles. The van der Waals surface area contributed by atoms with Gasteiger partial charge in [-0.1, -0.05) is 6.07 Å².